The van der Waals surface area contributed by atoms with E-state index in [-0.39, 0.29) is 12.6 Å². The third-order valence-electron chi connectivity index (χ3n) is 5.31. The van der Waals surface area contributed by atoms with Gasteiger partial charge in [-0.25, -0.2) is 4.98 Å². The largest absolute Gasteiger partial charge is 0.493 e. The smallest absolute Gasteiger partial charge is 0.255 e. The van der Waals surface area contributed by atoms with Gasteiger partial charge in [-0.3, -0.25) is 19.7 Å². The van der Waals surface area contributed by atoms with Crippen LogP contribution >= 0.6 is 0 Å². The summed E-state index contributed by atoms with van der Waals surface area (Å²) in [4.78, 5) is 26.4. The molecule has 3 N–H and O–H groups in total. The van der Waals surface area contributed by atoms with Crippen molar-refractivity contribution < 1.29 is 14.3 Å². The molecule has 32 heavy (non-hydrogen) atoms. The van der Waals surface area contributed by atoms with Gasteiger partial charge < -0.3 is 20.5 Å². The number of carbonyl (C=O) groups excluding carboxylic acids is 1. The number of pyridine rings is 1. The van der Waals surface area contributed by atoms with Crippen molar-refractivity contribution in [3.05, 3.63) is 66.4 Å². The van der Waals surface area contributed by atoms with Crippen molar-refractivity contribution in [3.8, 4) is 11.5 Å². The molecular formula is C23H26N6O3. The molecule has 4 rings (SSSR count). The van der Waals surface area contributed by atoms with Crippen molar-refractivity contribution >= 4 is 17.4 Å². The molecule has 0 aliphatic carbocycles. The molecule has 1 fully saturated rings. The number of nitrogens with one attached hydrogen (secondary N) is 1. The van der Waals surface area contributed by atoms with Crippen LogP contribution in [0, 0.1) is 0 Å². The highest BCUT2D eigenvalue weighted by Gasteiger charge is 2.27. The van der Waals surface area contributed by atoms with E-state index in [1.54, 1.807) is 25.7 Å². The minimum absolute atomic E-state index is 0.183. The lowest BCUT2D eigenvalue weighted by Crippen LogP contribution is -2.23. The molecule has 9 heteroatoms. The van der Waals surface area contributed by atoms with E-state index in [0.717, 1.165) is 42.9 Å². The Balaban J connectivity index is 1.43. The van der Waals surface area contributed by atoms with Crippen molar-refractivity contribution in [2.45, 2.75) is 25.4 Å². The molecule has 0 saturated carbocycles. The van der Waals surface area contributed by atoms with Gasteiger partial charge in [0.25, 0.3) is 5.91 Å². The molecule has 3 heterocycles. The SMILES string of the molecule is COc1cc(CN2CCC[C@H]2c2ccc(Nc3cnccn3)cn2)ccc1OCC(N)=O. The Morgan fingerprint density at radius 2 is 2.09 bits per heavy atom. The lowest BCUT2D eigenvalue weighted by molar-refractivity contribution is -0.119. The van der Waals surface area contributed by atoms with Crippen molar-refractivity contribution in [1.29, 1.82) is 0 Å². The average molecular weight is 435 g/mol. The number of methoxy groups -OCH3 is 1. The molecule has 0 bridgehead atoms. The van der Waals surface area contributed by atoms with Gasteiger partial charge in [-0.1, -0.05) is 6.07 Å². The molecular weight excluding hydrogens is 408 g/mol. The summed E-state index contributed by atoms with van der Waals surface area (Å²) < 4.78 is 10.9. The highest BCUT2D eigenvalue weighted by atomic mass is 16.5. The van der Waals surface area contributed by atoms with Crippen LogP contribution in [0.2, 0.25) is 0 Å². The second kappa shape index (κ2) is 10.1. The number of carbonyl (C=O) groups is 1. The Hall–Kier alpha value is -3.72. The minimum Gasteiger partial charge on any atom is -0.493 e. The number of rotatable bonds is 9. The van der Waals surface area contributed by atoms with E-state index < -0.39 is 5.91 Å². The lowest BCUT2D eigenvalue weighted by Gasteiger charge is -2.24. The van der Waals surface area contributed by atoms with E-state index in [1.165, 1.54) is 0 Å². The second-order valence-electron chi connectivity index (χ2n) is 7.56. The fraction of sp³-hybridized carbons (Fsp3) is 0.304. The maximum atomic E-state index is 11.0. The van der Waals surface area contributed by atoms with Gasteiger partial charge in [-0.05, 0) is 49.2 Å². The number of amides is 1. The molecule has 0 unspecified atom stereocenters. The van der Waals surface area contributed by atoms with Crippen molar-refractivity contribution in [1.82, 2.24) is 19.9 Å². The number of hydrogen-bond acceptors (Lipinski definition) is 8. The number of nitrogens with zero attached hydrogens (tertiary/aromatic N) is 4. The third-order valence-corrected chi connectivity index (χ3v) is 5.31. The van der Waals surface area contributed by atoms with Crippen molar-refractivity contribution in [2.24, 2.45) is 5.73 Å². The summed E-state index contributed by atoms with van der Waals surface area (Å²) in [5.41, 5.74) is 8.17. The zero-order chi connectivity index (χ0) is 22.3. The van der Waals surface area contributed by atoms with E-state index in [0.29, 0.717) is 17.3 Å². The first-order valence-electron chi connectivity index (χ1n) is 10.4. The van der Waals surface area contributed by atoms with Gasteiger partial charge in [-0.2, -0.15) is 0 Å². The summed E-state index contributed by atoms with van der Waals surface area (Å²) in [5.74, 6) is 1.24. The lowest BCUT2D eigenvalue weighted by atomic mass is 10.1. The number of hydrogen-bond donors (Lipinski definition) is 2. The fourth-order valence-electron chi connectivity index (χ4n) is 3.85. The fourth-order valence-corrected chi connectivity index (χ4v) is 3.85. The summed E-state index contributed by atoms with van der Waals surface area (Å²) in [6, 6.07) is 10.1. The average Bonchev–Trinajstić information content (AvgIpc) is 3.27. The van der Waals surface area contributed by atoms with E-state index in [9.17, 15) is 4.79 Å². The monoisotopic (exact) mass is 434 g/mol. The van der Waals surface area contributed by atoms with Crippen LogP contribution in [-0.4, -0.2) is 46.0 Å². The normalized spacial score (nSPS) is 16.0. The third kappa shape index (κ3) is 5.30. The number of nitrogens with two attached hydrogens (primary N) is 1. The van der Waals surface area contributed by atoms with Gasteiger partial charge in [0.2, 0.25) is 0 Å². The molecule has 3 aromatic rings. The first-order valence-corrected chi connectivity index (χ1v) is 10.4. The van der Waals surface area contributed by atoms with E-state index in [1.807, 2.05) is 30.5 Å². The Morgan fingerprint density at radius 1 is 1.19 bits per heavy atom. The first-order chi connectivity index (χ1) is 15.6. The Bertz CT molecular complexity index is 1050. The summed E-state index contributed by atoms with van der Waals surface area (Å²) >= 11 is 0. The molecule has 1 aliphatic rings. The topological polar surface area (TPSA) is 115 Å². The molecule has 1 atom stereocenters. The summed E-state index contributed by atoms with van der Waals surface area (Å²) in [5, 5.41) is 3.20. The van der Waals surface area contributed by atoms with Crippen LogP contribution < -0.4 is 20.5 Å². The maximum absolute atomic E-state index is 11.0. The Kier molecular flexibility index (Phi) is 6.76. The van der Waals surface area contributed by atoms with Gasteiger partial charge in [-0.15, -0.1) is 0 Å². The zero-order valence-corrected chi connectivity index (χ0v) is 17.9. The Morgan fingerprint density at radius 3 is 2.81 bits per heavy atom. The zero-order valence-electron chi connectivity index (χ0n) is 17.9. The molecule has 0 spiro atoms. The van der Waals surface area contributed by atoms with Crippen molar-refractivity contribution in [3.63, 3.8) is 0 Å². The minimum atomic E-state index is -0.526. The number of primary amides is 1. The highest BCUT2D eigenvalue weighted by Crippen LogP contribution is 2.34. The van der Waals surface area contributed by atoms with E-state index in [2.05, 4.69) is 26.3 Å². The number of ether oxygens (including phenoxy) is 2. The number of benzene rings is 1. The molecule has 1 saturated heterocycles. The molecule has 1 amide bonds. The summed E-state index contributed by atoms with van der Waals surface area (Å²) in [6.45, 7) is 1.57. The quantitative estimate of drug-likeness (QED) is 0.528. The predicted octanol–water partition coefficient (Wildman–Crippen LogP) is 2.83. The molecule has 0 radical (unpaired) electrons. The molecule has 1 aliphatic heterocycles. The summed E-state index contributed by atoms with van der Waals surface area (Å²) in [7, 11) is 1.58. The summed E-state index contributed by atoms with van der Waals surface area (Å²) in [6.07, 6.45) is 8.95. The van der Waals surface area contributed by atoms with Crippen LogP contribution in [0.3, 0.4) is 0 Å². The number of aromatic nitrogens is 3. The van der Waals surface area contributed by atoms with Gasteiger partial charge in [0.15, 0.2) is 18.1 Å². The molecule has 2 aromatic heterocycles. The highest BCUT2D eigenvalue weighted by molar-refractivity contribution is 5.75. The van der Waals surface area contributed by atoms with E-state index >= 15 is 0 Å². The van der Waals surface area contributed by atoms with Gasteiger partial charge >= 0.3 is 0 Å². The maximum Gasteiger partial charge on any atom is 0.255 e. The van der Waals surface area contributed by atoms with Crippen LogP contribution in [0.4, 0.5) is 11.5 Å². The number of likely N-dealkylation sites (tertiary alicyclic amines) is 1. The van der Waals surface area contributed by atoms with Gasteiger partial charge in [0.1, 0.15) is 5.82 Å². The number of anilines is 2. The van der Waals surface area contributed by atoms with Crippen molar-refractivity contribution in [2.75, 3.05) is 25.6 Å². The molecule has 9 nitrogen and oxygen atoms in total. The van der Waals surface area contributed by atoms with Crippen LogP contribution in [-0.2, 0) is 11.3 Å². The first kappa shape index (κ1) is 21.5. The molecule has 166 valence electrons. The van der Waals surface area contributed by atoms with Crippen LogP contribution in [0.1, 0.15) is 30.1 Å². The second-order valence-corrected chi connectivity index (χ2v) is 7.56. The van der Waals surface area contributed by atoms with Crippen LogP contribution in [0.25, 0.3) is 0 Å². The van der Waals surface area contributed by atoms with Crippen LogP contribution in [0.5, 0.6) is 11.5 Å². The predicted molar refractivity (Wildman–Crippen MR) is 120 cm³/mol. The van der Waals surface area contributed by atoms with Gasteiger partial charge in [0, 0.05) is 18.9 Å². The Labute approximate surface area is 186 Å². The van der Waals surface area contributed by atoms with Crippen LogP contribution in [0.15, 0.2) is 55.1 Å². The molecule has 1 aromatic carbocycles. The van der Waals surface area contributed by atoms with E-state index in [4.69, 9.17) is 20.2 Å². The standard InChI is InChI=1S/C23H26N6O3/c1-31-21-11-16(4-7-20(21)32-15-22(24)30)14-29-10-2-3-19(29)18-6-5-17(12-27-18)28-23-13-25-8-9-26-23/h4-9,11-13,19H,2-3,10,14-15H2,1H3,(H2,24,30)(H,26,28)/t19-/m0/s1. The van der Waals surface area contributed by atoms with Gasteiger partial charge in [0.05, 0.1) is 36.9 Å².